The Morgan fingerprint density at radius 1 is 0.854 bits per heavy atom. The van der Waals surface area contributed by atoms with E-state index in [1.54, 1.807) is 0 Å². The second kappa shape index (κ2) is 10.7. The van der Waals surface area contributed by atoms with E-state index in [-0.39, 0.29) is 6.04 Å². The third kappa shape index (κ3) is 5.04. The molecule has 3 heteroatoms. The van der Waals surface area contributed by atoms with Crippen LogP contribution in [0.4, 0.5) is 11.4 Å². The lowest BCUT2D eigenvalue weighted by Crippen LogP contribution is -2.28. The van der Waals surface area contributed by atoms with Crippen LogP contribution in [-0.2, 0) is 6.61 Å². The lowest BCUT2D eigenvalue weighted by Gasteiger charge is -2.37. The topological polar surface area (TPSA) is 33.6 Å². The van der Waals surface area contributed by atoms with Gasteiger partial charge in [-0.15, -0.1) is 0 Å². The first kappa shape index (κ1) is 25.3. The van der Waals surface area contributed by atoms with Crippen molar-refractivity contribution in [2.45, 2.75) is 38.8 Å². The third-order valence-electron chi connectivity index (χ3n) is 8.47. The van der Waals surface area contributed by atoms with Gasteiger partial charge in [-0.05, 0) is 77.9 Å². The Bertz CT molecular complexity index is 1760. The summed E-state index contributed by atoms with van der Waals surface area (Å²) >= 11 is 0. The smallest absolute Gasteiger partial charge is 0.129 e. The quantitative estimate of drug-likeness (QED) is 0.174. The molecule has 0 amide bonds. The predicted molar refractivity (Wildman–Crippen MR) is 171 cm³/mol. The van der Waals surface area contributed by atoms with Crippen LogP contribution in [0.3, 0.4) is 0 Å². The van der Waals surface area contributed by atoms with Gasteiger partial charge >= 0.3 is 0 Å². The maximum atomic E-state index is 6.39. The summed E-state index contributed by atoms with van der Waals surface area (Å²) in [6.45, 7) is 4.77. The molecule has 0 aromatic heterocycles. The number of nitrogens with one attached hydrogen (secondary N) is 1. The SMILES string of the molecule is Cc1cc(C)cc(COc2ccc3ccccc3c2C=Nc2ccc([C@@H]3Nc4ccccc4[C@@H]4C=CC[C@H]43)cc2)c1. The predicted octanol–water partition coefficient (Wildman–Crippen LogP) is 9.61. The summed E-state index contributed by atoms with van der Waals surface area (Å²) in [4.78, 5) is 4.92. The molecule has 1 aliphatic carbocycles. The van der Waals surface area contributed by atoms with Gasteiger partial charge in [0.2, 0.25) is 0 Å². The highest BCUT2D eigenvalue weighted by Crippen LogP contribution is 2.49. The lowest BCUT2D eigenvalue weighted by atomic mass is 9.77. The Morgan fingerprint density at radius 2 is 1.63 bits per heavy atom. The number of ether oxygens (including phenoxy) is 1. The Morgan fingerprint density at radius 3 is 2.49 bits per heavy atom. The van der Waals surface area contributed by atoms with Crippen molar-refractivity contribution in [3.63, 3.8) is 0 Å². The third-order valence-corrected chi connectivity index (χ3v) is 8.47. The van der Waals surface area contributed by atoms with Crippen LogP contribution >= 0.6 is 0 Å². The molecule has 41 heavy (non-hydrogen) atoms. The molecule has 0 fully saturated rings. The van der Waals surface area contributed by atoms with E-state index in [9.17, 15) is 0 Å². The zero-order valence-corrected chi connectivity index (χ0v) is 23.5. The van der Waals surface area contributed by atoms with Crippen LogP contribution in [0.15, 0.2) is 120 Å². The van der Waals surface area contributed by atoms with E-state index < -0.39 is 0 Å². The van der Waals surface area contributed by atoms with Crippen molar-refractivity contribution in [2.24, 2.45) is 10.9 Å². The molecule has 0 bridgehead atoms. The Balaban J connectivity index is 1.15. The summed E-state index contributed by atoms with van der Waals surface area (Å²) < 4.78 is 6.39. The van der Waals surface area contributed by atoms with E-state index in [2.05, 4.69) is 134 Å². The molecule has 1 N–H and O–H groups in total. The van der Waals surface area contributed by atoms with Gasteiger partial charge in [0.15, 0.2) is 0 Å². The van der Waals surface area contributed by atoms with Crippen molar-refractivity contribution in [3.8, 4) is 5.75 Å². The number of hydrogen-bond acceptors (Lipinski definition) is 3. The van der Waals surface area contributed by atoms with Crippen LogP contribution in [0.25, 0.3) is 10.8 Å². The summed E-state index contributed by atoms with van der Waals surface area (Å²) in [6, 6.07) is 36.9. The van der Waals surface area contributed by atoms with E-state index in [1.165, 1.54) is 38.9 Å². The molecule has 0 spiro atoms. The maximum absolute atomic E-state index is 6.39. The molecule has 0 saturated carbocycles. The summed E-state index contributed by atoms with van der Waals surface area (Å²) in [5.41, 5.74) is 9.57. The summed E-state index contributed by atoms with van der Waals surface area (Å²) in [7, 11) is 0. The molecule has 0 saturated heterocycles. The molecule has 0 radical (unpaired) electrons. The largest absolute Gasteiger partial charge is 0.488 e. The van der Waals surface area contributed by atoms with Crippen LogP contribution in [0, 0.1) is 19.8 Å². The second-order valence-corrected chi connectivity index (χ2v) is 11.4. The number of aliphatic imine (C=N–C) groups is 1. The monoisotopic (exact) mass is 534 g/mol. The number of rotatable bonds is 6. The van der Waals surface area contributed by atoms with Crippen molar-refractivity contribution < 1.29 is 4.74 Å². The van der Waals surface area contributed by atoms with Gasteiger partial charge in [0.05, 0.1) is 11.7 Å². The molecule has 3 atom stereocenters. The van der Waals surface area contributed by atoms with Crippen LogP contribution < -0.4 is 10.1 Å². The maximum Gasteiger partial charge on any atom is 0.129 e. The normalized spacial score (nSPS) is 19.2. The fourth-order valence-electron chi connectivity index (χ4n) is 6.63. The van der Waals surface area contributed by atoms with Gasteiger partial charge in [-0.3, -0.25) is 4.99 Å². The zero-order valence-electron chi connectivity index (χ0n) is 23.5. The number of allylic oxidation sites excluding steroid dienone is 2. The van der Waals surface area contributed by atoms with Gasteiger partial charge in [-0.2, -0.15) is 0 Å². The number of aryl methyl sites for hydroxylation is 2. The van der Waals surface area contributed by atoms with Crippen LogP contribution in [0.1, 0.15) is 51.8 Å². The average Bonchev–Trinajstić information content (AvgIpc) is 3.49. The number of nitrogens with zero attached hydrogens (tertiary/aromatic N) is 1. The Hall–Kier alpha value is -4.63. The standard InChI is InChI=1S/C38H34N2O/c1-25-20-26(2)22-27(21-25)24-41-37-19-16-28-8-3-4-9-31(28)35(37)23-39-30-17-14-29(15-18-30)38-34-12-7-11-32(34)33-10-5-6-13-36(33)40-38/h3-11,13-23,32,34,38,40H,12,24H2,1-2H3/t32-,34+,38-/m0/s1. The van der Waals surface area contributed by atoms with Crippen LogP contribution in [-0.4, -0.2) is 6.21 Å². The second-order valence-electron chi connectivity index (χ2n) is 11.4. The molecular weight excluding hydrogens is 500 g/mol. The number of para-hydroxylation sites is 1. The molecule has 5 aromatic carbocycles. The average molecular weight is 535 g/mol. The highest BCUT2D eigenvalue weighted by Gasteiger charge is 2.37. The van der Waals surface area contributed by atoms with Gasteiger partial charge in [-0.25, -0.2) is 0 Å². The zero-order chi connectivity index (χ0) is 27.8. The van der Waals surface area contributed by atoms with Crippen LogP contribution in [0.5, 0.6) is 5.75 Å². The van der Waals surface area contributed by atoms with E-state index >= 15 is 0 Å². The molecular formula is C38H34N2O. The lowest BCUT2D eigenvalue weighted by molar-refractivity contribution is 0.306. The molecule has 3 nitrogen and oxygen atoms in total. The highest BCUT2D eigenvalue weighted by molar-refractivity contribution is 6.03. The molecule has 2 aliphatic rings. The first-order valence-electron chi connectivity index (χ1n) is 14.5. The number of fused-ring (bicyclic) bond motifs is 4. The molecule has 1 aliphatic heterocycles. The van der Waals surface area contributed by atoms with E-state index in [0.717, 1.165) is 28.8 Å². The van der Waals surface area contributed by atoms with Crippen molar-refractivity contribution >= 4 is 28.4 Å². The van der Waals surface area contributed by atoms with Crippen molar-refractivity contribution in [2.75, 3.05) is 5.32 Å². The van der Waals surface area contributed by atoms with E-state index in [0.29, 0.717) is 18.4 Å². The number of benzene rings is 5. The summed E-state index contributed by atoms with van der Waals surface area (Å²) in [5.74, 6) is 1.85. The molecule has 0 unspecified atom stereocenters. The van der Waals surface area contributed by atoms with Gasteiger partial charge in [-0.1, -0.05) is 102 Å². The fourth-order valence-corrected chi connectivity index (χ4v) is 6.63. The minimum atomic E-state index is 0.284. The summed E-state index contributed by atoms with van der Waals surface area (Å²) in [6.07, 6.45) is 7.79. The van der Waals surface area contributed by atoms with E-state index in [4.69, 9.17) is 9.73 Å². The first-order chi connectivity index (χ1) is 20.1. The molecule has 1 heterocycles. The van der Waals surface area contributed by atoms with Crippen molar-refractivity contribution in [3.05, 3.63) is 149 Å². The Labute approximate surface area is 242 Å². The van der Waals surface area contributed by atoms with Crippen molar-refractivity contribution in [1.29, 1.82) is 0 Å². The molecule has 5 aromatic rings. The summed E-state index contributed by atoms with van der Waals surface area (Å²) in [5, 5.41) is 6.14. The number of hydrogen-bond donors (Lipinski definition) is 1. The first-order valence-corrected chi connectivity index (χ1v) is 14.5. The van der Waals surface area contributed by atoms with Gasteiger partial charge in [0.25, 0.3) is 0 Å². The van der Waals surface area contributed by atoms with Gasteiger partial charge in [0, 0.05) is 23.4 Å². The molecule has 202 valence electrons. The van der Waals surface area contributed by atoms with Crippen molar-refractivity contribution in [1.82, 2.24) is 0 Å². The minimum Gasteiger partial charge on any atom is -0.488 e. The van der Waals surface area contributed by atoms with E-state index in [1.807, 2.05) is 6.21 Å². The fraction of sp³-hybridized carbons (Fsp3) is 0.184. The number of anilines is 1. The molecule has 7 rings (SSSR count). The minimum absolute atomic E-state index is 0.284. The Kier molecular flexibility index (Phi) is 6.64. The highest BCUT2D eigenvalue weighted by atomic mass is 16.5. The van der Waals surface area contributed by atoms with Gasteiger partial charge < -0.3 is 10.1 Å². The van der Waals surface area contributed by atoms with Crippen LogP contribution in [0.2, 0.25) is 0 Å². The van der Waals surface area contributed by atoms with Gasteiger partial charge in [0.1, 0.15) is 12.4 Å².